The molecule has 1 saturated heterocycles. The predicted molar refractivity (Wildman–Crippen MR) is 120 cm³/mol. The fourth-order valence-electron chi connectivity index (χ4n) is 4.38. The maximum Gasteiger partial charge on any atom is 0.433 e. The summed E-state index contributed by atoms with van der Waals surface area (Å²) in [5.41, 5.74) is 6.08. The summed E-state index contributed by atoms with van der Waals surface area (Å²) in [7, 11) is 1.71. The average Bonchev–Trinajstić information content (AvgIpc) is 3.47. The number of halogens is 4. The third-order valence-electron chi connectivity index (χ3n) is 6.13. The lowest BCUT2D eigenvalue weighted by atomic mass is 10.1. The van der Waals surface area contributed by atoms with Crippen molar-refractivity contribution in [3.63, 3.8) is 0 Å². The number of nitrogens with zero attached hydrogens (tertiary/aromatic N) is 6. The van der Waals surface area contributed by atoms with Gasteiger partial charge >= 0.3 is 6.18 Å². The van der Waals surface area contributed by atoms with Gasteiger partial charge in [0, 0.05) is 37.8 Å². The molecule has 0 aliphatic carbocycles. The number of rotatable bonds is 4. The largest absolute Gasteiger partial charge is 0.433 e. The van der Waals surface area contributed by atoms with Gasteiger partial charge in [-0.25, -0.2) is 14.4 Å². The second kappa shape index (κ2) is 8.45. The molecule has 0 bridgehead atoms. The molecule has 1 aliphatic rings. The first-order valence-corrected chi connectivity index (χ1v) is 10.9. The summed E-state index contributed by atoms with van der Waals surface area (Å²) in [6, 6.07) is 4.73. The Bertz CT molecular complexity index is 1430. The van der Waals surface area contributed by atoms with Crippen LogP contribution in [0.2, 0.25) is 0 Å². The summed E-state index contributed by atoms with van der Waals surface area (Å²) in [6.07, 6.45) is -0.244. The normalized spacial score (nSPS) is 14.8. The first-order valence-electron chi connectivity index (χ1n) is 10.9. The molecule has 5 rings (SSSR count). The van der Waals surface area contributed by atoms with Crippen molar-refractivity contribution in [2.75, 3.05) is 18.8 Å². The van der Waals surface area contributed by atoms with Gasteiger partial charge in [0.05, 0.1) is 34.7 Å². The summed E-state index contributed by atoms with van der Waals surface area (Å²) in [5, 5.41) is 8.44. The number of alkyl halides is 3. The van der Waals surface area contributed by atoms with Gasteiger partial charge in [-0.2, -0.15) is 18.3 Å². The SMILES string of the molecule is Cn1ncc2c(N)nc3cc(F)c(C(=O)N(Cc4ccc(C(F)(F)F)nc4)N4CCCC4)cc3c21. The highest BCUT2D eigenvalue weighted by molar-refractivity contribution is 6.10. The molecule has 0 saturated carbocycles. The van der Waals surface area contributed by atoms with Crippen molar-refractivity contribution >= 4 is 33.5 Å². The van der Waals surface area contributed by atoms with E-state index in [2.05, 4.69) is 15.1 Å². The van der Waals surface area contributed by atoms with Crippen molar-refractivity contribution < 1.29 is 22.4 Å². The minimum Gasteiger partial charge on any atom is -0.383 e. The molecule has 1 aliphatic heterocycles. The van der Waals surface area contributed by atoms with Gasteiger partial charge in [-0.3, -0.25) is 19.5 Å². The summed E-state index contributed by atoms with van der Waals surface area (Å²) < 4.78 is 55.5. The molecule has 0 atom stereocenters. The molecule has 2 N–H and O–H groups in total. The Morgan fingerprint density at radius 3 is 2.54 bits per heavy atom. The van der Waals surface area contributed by atoms with Crippen LogP contribution >= 0.6 is 0 Å². The van der Waals surface area contributed by atoms with Crippen LogP contribution in [0.4, 0.5) is 23.4 Å². The Balaban J connectivity index is 1.56. The summed E-state index contributed by atoms with van der Waals surface area (Å²) in [4.78, 5) is 21.4. The molecule has 0 spiro atoms. The van der Waals surface area contributed by atoms with Crippen LogP contribution < -0.4 is 5.73 Å². The zero-order valence-corrected chi connectivity index (χ0v) is 18.7. The molecular weight excluding hydrogens is 466 g/mol. The maximum atomic E-state index is 15.2. The van der Waals surface area contributed by atoms with Crippen molar-refractivity contribution in [3.05, 3.63) is 59.3 Å². The molecule has 35 heavy (non-hydrogen) atoms. The number of benzene rings is 1. The molecule has 1 amide bonds. The zero-order chi connectivity index (χ0) is 24.9. The van der Waals surface area contributed by atoms with E-state index in [0.29, 0.717) is 34.9 Å². The van der Waals surface area contributed by atoms with Crippen LogP contribution in [0, 0.1) is 5.82 Å². The first-order chi connectivity index (χ1) is 16.6. The van der Waals surface area contributed by atoms with Crippen molar-refractivity contribution in [2.45, 2.75) is 25.6 Å². The number of nitrogens with two attached hydrogens (primary N) is 1. The van der Waals surface area contributed by atoms with Gasteiger partial charge < -0.3 is 5.73 Å². The third kappa shape index (κ3) is 4.14. The number of carbonyl (C=O) groups excluding carboxylic acids is 1. The van der Waals surface area contributed by atoms with Crippen molar-refractivity contribution in [1.82, 2.24) is 29.8 Å². The van der Waals surface area contributed by atoms with Gasteiger partial charge in [0.15, 0.2) is 0 Å². The number of aryl methyl sites for hydroxylation is 1. The standard InChI is InChI=1S/C23H21F4N7O/c1-32-20-15-8-14(17(24)9-18(15)31-21(28)16(20)11-30-32)22(35)34(33-6-2-3-7-33)12-13-4-5-19(29-10-13)23(25,26)27/h4-5,8-11H,2-3,6-7,12H2,1H3,(H2,28,31). The summed E-state index contributed by atoms with van der Waals surface area (Å²) in [6.45, 7) is 1.08. The van der Waals surface area contributed by atoms with Crippen LogP contribution in [-0.4, -0.2) is 48.8 Å². The van der Waals surface area contributed by atoms with Crippen LogP contribution in [0.25, 0.3) is 21.8 Å². The fourth-order valence-corrected chi connectivity index (χ4v) is 4.38. The van der Waals surface area contributed by atoms with Crippen molar-refractivity contribution in [1.29, 1.82) is 0 Å². The van der Waals surface area contributed by atoms with Gasteiger partial charge in [0.2, 0.25) is 0 Å². The zero-order valence-electron chi connectivity index (χ0n) is 18.7. The van der Waals surface area contributed by atoms with Gasteiger partial charge in [-0.05, 0) is 30.5 Å². The molecule has 8 nitrogen and oxygen atoms in total. The van der Waals surface area contributed by atoms with Crippen LogP contribution in [0.1, 0.15) is 34.5 Å². The molecule has 12 heteroatoms. The lowest BCUT2D eigenvalue weighted by Crippen LogP contribution is -2.44. The smallest absolute Gasteiger partial charge is 0.383 e. The number of amides is 1. The number of pyridine rings is 2. The van der Waals surface area contributed by atoms with Crippen LogP contribution in [0.15, 0.2) is 36.7 Å². The molecule has 4 heterocycles. The molecule has 0 unspecified atom stereocenters. The highest BCUT2D eigenvalue weighted by Gasteiger charge is 2.33. The Morgan fingerprint density at radius 2 is 1.89 bits per heavy atom. The summed E-state index contributed by atoms with van der Waals surface area (Å²) >= 11 is 0. The quantitative estimate of drug-likeness (QED) is 0.439. The monoisotopic (exact) mass is 487 g/mol. The lowest BCUT2D eigenvalue weighted by Gasteiger charge is -2.32. The third-order valence-corrected chi connectivity index (χ3v) is 6.13. The number of aromatic nitrogens is 4. The molecule has 0 radical (unpaired) electrons. The molecule has 1 fully saturated rings. The molecule has 1 aromatic carbocycles. The van der Waals surface area contributed by atoms with Crippen LogP contribution in [0.3, 0.4) is 0 Å². The predicted octanol–water partition coefficient (Wildman–Crippen LogP) is 3.91. The van der Waals surface area contributed by atoms with E-state index in [9.17, 15) is 18.0 Å². The van der Waals surface area contributed by atoms with E-state index in [0.717, 1.165) is 31.2 Å². The summed E-state index contributed by atoms with van der Waals surface area (Å²) in [5.74, 6) is -1.18. The van der Waals surface area contributed by atoms with Crippen LogP contribution in [-0.2, 0) is 19.8 Å². The number of fused-ring (bicyclic) bond motifs is 3. The number of hydrazine groups is 1. The number of carbonyl (C=O) groups is 1. The van der Waals surface area contributed by atoms with Gasteiger partial charge in [-0.1, -0.05) is 6.07 Å². The van der Waals surface area contributed by atoms with Gasteiger partial charge in [0.25, 0.3) is 5.91 Å². The molecule has 4 aromatic rings. The first kappa shape index (κ1) is 23.0. The number of nitrogen functional groups attached to an aromatic ring is 1. The average molecular weight is 487 g/mol. The Labute approximate surface area is 196 Å². The van der Waals surface area contributed by atoms with E-state index >= 15 is 4.39 Å². The topological polar surface area (TPSA) is 93.2 Å². The minimum absolute atomic E-state index is 0.0530. The number of anilines is 1. The van der Waals surface area contributed by atoms with E-state index in [1.807, 2.05) is 0 Å². The highest BCUT2D eigenvalue weighted by atomic mass is 19.4. The van der Waals surface area contributed by atoms with Crippen molar-refractivity contribution in [3.8, 4) is 0 Å². The van der Waals surface area contributed by atoms with Gasteiger partial charge in [-0.15, -0.1) is 0 Å². The fraction of sp³-hybridized carbons (Fsp3) is 0.304. The lowest BCUT2D eigenvalue weighted by molar-refractivity contribution is -0.141. The molecular formula is C23H21F4N7O. The van der Waals surface area contributed by atoms with E-state index in [-0.39, 0.29) is 23.4 Å². The number of hydrogen-bond acceptors (Lipinski definition) is 6. The molecule has 3 aromatic heterocycles. The minimum atomic E-state index is -4.56. The van der Waals surface area contributed by atoms with Gasteiger partial charge in [0.1, 0.15) is 17.3 Å². The second-order valence-electron chi connectivity index (χ2n) is 8.45. The van der Waals surface area contributed by atoms with E-state index in [1.165, 1.54) is 17.1 Å². The van der Waals surface area contributed by atoms with E-state index in [1.54, 1.807) is 22.9 Å². The number of hydrogen-bond donors (Lipinski definition) is 1. The second-order valence-corrected chi connectivity index (χ2v) is 8.45. The Hall–Kier alpha value is -3.80. The molecule has 182 valence electrons. The van der Waals surface area contributed by atoms with Crippen LogP contribution in [0.5, 0.6) is 0 Å². The van der Waals surface area contributed by atoms with E-state index in [4.69, 9.17) is 5.73 Å². The Kier molecular flexibility index (Phi) is 5.55. The highest BCUT2D eigenvalue weighted by Crippen LogP contribution is 2.31. The van der Waals surface area contributed by atoms with E-state index < -0.39 is 23.6 Å². The Morgan fingerprint density at radius 1 is 1.14 bits per heavy atom. The maximum absolute atomic E-state index is 15.2. The van der Waals surface area contributed by atoms with Crippen molar-refractivity contribution in [2.24, 2.45) is 7.05 Å².